The van der Waals surface area contributed by atoms with Gasteiger partial charge < -0.3 is 4.90 Å². The van der Waals surface area contributed by atoms with Crippen LogP contribution in [0.4, 0.5) is 8.78 Å². The van der Waals surface area contributed by atoms with Gasteiger partial charge in [-0.15, -0.1) is 0 Å². The van der Waals surface area contributed by atoms with Gasteiger partial charge in [-0.25, -0.2) is 8.78 Å². The summed E-state index contributed by atoms with van der Waals surface area (Å²) in [5.74, 6) is 0.949. The van der Waals surface area contributed by atoms with E-state index >= 15 is 0 Å². The molecule has 3 unspecified atom stereocenters. The first-order valence-corrected chi connectivity index (χ1v) is 7.61. The molecule has 0 aromatic rings. The van der Waals surface area contributed by atoms with Crippen LogP contribution in [-0.2, 0) is 0 Å². The summed E-state index contributed by atoms with van der Waals surface area (Å²) in [4.78, 5) is 4.19. The SMILES string of the molecule is CC.CC(C)N1CC(F)C(F)C1.CC1CCN(C)C1. The second kappa shape index (κ2) is 9.65. The van der Waals surface area contributed by atoms with Crippen molar-refractivity contribution in [1.29, 1.82) is 0 Å². The minimum absolute atomic E-state index is 0.263. The Morgan fingerprint density at radius 2 is 1.47 bits per heavy atom. The van der Waals surface area contributed by atoms with Crippen LogP contribution in [0.15, 0.2) is 0 Å². The van der Waals surface area contributed by atoms with Crippen molar-refractivity contribution in [1.82, 2.24) is 9.80 Å². The molecule has 2 saturated heterocycles. The lowest BCUT2D eigenvalue weighted by atomic mass is 10.2. The number of likely N-dealkylation sites (tertiary alicyclic amines) is 2. The fraction of sp³-hybridized carbons (Fsp3) is 1.00. The number of halogens is 2. The maximum Gasteiger partial charge on any atom is 0.145 e. The van der Waals surface area contributed by atoms with Gasteiger partial charge in [0.2, 0.25) is 0 Å². The lowest BCUT2D eigenvalue weighted by molar-refractivity contribution is 0.217. The van der Waals surface area contributed by atoms with Crippen LogP contribution in [0.3, 0.4) is 0 Å². The van der Waals surface area contributed by atoms with E-state index in [0.29, 0.717) is 0 Å². The summed E-state index contributed by atoms with van der Waals surface area (Å²) >= 11 is 0. The largest absolute Gasteiger partial charge is 0.306 e. The normalized spacial score (nSPS) is 31.7. The average molecular weight is 278 g/mol. The summed E-state index contributed by atoms with van der Waals surface area (Å²) in [7, 11) is 2.18. The Kier molecular flexibility index (Phi) is 9.54. The Morgan fingerprint density at radius 1 is 1.00 bits per heavy atom. The van der Waals surface area contributed by atoms with E-state index in [1.165, 1.54) is 19.5 Å². The molecule has 2 fully saturated rings. The first-order valence-electron chi connectivity index (χ1n) is 7.61. The van der Waals surface area contributed by atoms with Crippen molar-refractivity contribution < 1.29 is 8.78 Å². The summed E-state index contributed by atoms with van der Waals surface area (Å²) in [5, 5.41) is 0. The maximum absolute atomic E-state index is 12.5. The van der Waals surface area contributed by atoms with Gasteiger partial charge in [0.15, 0.2) is 0 Å². The topological polar surface area (TPSA) is 6.48 Å². The molecule has 19 heavy (non-hydrogen) atoms. The van der Waals surface area contributed by atoms with Crippen molar-refractivity contribution in [3.63, 3.8) is 0 Å². The van der Waals surface area contributed by atoms with Crippen LogP contribution in [0, 0.1) is 5.92 Å². The average Bonchev–Trinajstić information content (AvgIpc) is 2.89. The highest BCUT2D eigenvalue weighted by Gasteiger charge is 2.33. The summed E-state index contributed by atoms with van der Waals surface area (Å²) in [6, 6.07) is 0.263. The first-order chi connectivity index (χ1) is 8.90. The zero-order chi connectivity index (χ0) is 15.0. The molecule has 0 spiro atoms. The molecule has 0 N–H and O–H groups in total. The van der Waals surface area contributed by atoms with E-state index in [2.05, 4.69) is 18.9 Å². The molecular weight excluding hydrogens is 246 g/mol. The summed E-state index contributed by atoms with van der Waals surface area (Å²) in [6.45, 7) is 13.3. The fourth-order valence-electron chi connectivity index (χ4n) is 2.33. The number of hydrogen-bond acceptors (Lipinski definition) is 2. The predicted octanol–water partition coefficient (Wildman–Crippen LogP) is 3.37. The van der Waals surface area contributed by atoms with Gasteiger partial charge in [-0.05, 0) is 39.8 Å². The zero-order valence-electron chi connectivity index (χ0n) is 13.5. The number of alkyl halides is 2. The number of nitrogens with zero attached hydrogens (tertiary/aromatic N) is 2. The van der Waals surface area contributed by atoms with Gasteiger partial charge >= 0.3 is 0 Å². The molecule has 2 aliphatic heterocycles. The van der Waals surface area contributed by atoms with Crippen LogP contribution >= 0.6 is 0 Å². The molecule has 0 saturated carbocycles. The standard InChI is InChI=1S/C7H13F2N.C6H13N.C2H6/c1-5(2)10-3-6(8)7(9)4-10;1-6-3-4-7(2)5-6;1-2/h5-7H,3-4H2,1-2H3;6H,3-5H2,1-2H3;1-2H3. The third-order valence-electron chi connectivity index (χ3n) is 3.57. The van der Waals surface area contributed by atoms with Gasteiger partial charge in [0.1, 0.15) is 12.3 Å². The predicted molar refractivity (Wildman–Crippen MR) is 79.1 cm³/mol. The monoisotopic (exact) mass is 278 g/mol. The third-order valence-corrected chi connectivity index (χ3v) is 3.57. The fourth-order valence-corrected chi connectivity index (χ4v) is 2.33. The highest BCUT2D eigenvalue weighted by atomic mass is 19.2. The number of hydrogen-bond donors (Lipinski definition) is 0. The van der Waals surface area contributed by atoms with Crippen molar-refractivity contribution >= 4 is 0 Å². The molecule has 0 radical (unpaired) electrons. The van der Waals surface area contributed by atoms with Crippen molar-refractivity contribution in [2.75, 3.05) is 33.2 Å². The second-order valence-corrected chi connectivity index (χ2v) is 5.74. The zero-order valence-corrected chi connectivity index (χ0v) is 13.5. The van der Waals surface area contributed by atoms with E-state index in [1.54, 1.807) is 0 Å². The molecule has 4 heteroatoms. The Hall–Kier alpha value is -0.220. The minimum Gasteiger partial charge on any atom is -0.306 e. The van der Waals surface area contributed by atoms with E-state index in [1.807, 2.05) is 32.6 Å². The van der Waals surface area contributed by atoms with E-state index < -0.39 is 12.3 Å². The molecule has 0 aliphatic carbocycles. The maximum atomic E-state index is 12.5. The van der Waals surface area contributed by atoms with Gasteiger partial charge in [0.25, 0.3) is 0 Å². The number of rotatable bonds is 1. The third kappa shape index (κ3) is 7.21. The molecule has 0 aromatic carbocycles. The lowest BCUT2D eigenvalue weighted by Crippen LogP contribution is -2.28. The van der Waals surface area contributed by atoms with Crippen LogP contribution in [0.1, 0.15) is 41.0 Å². The van der Waals surface area contributed by atoms with Crippen LogP contribution < -0.4 is 0 Å². The molecule has 0 aromatic heterocycles. The van der Waals surface area contributed by atoms with Crippen LogP contribution in [-0.4, -0.2) is 61.4 Å². The first kappa shape index (κ1) is 18.8. The summed E-state index contributed by atoms with van der Waals surface area (Å²) in [5.41, 5.74) is 0. The van der Waals surface area contributed by atoms with E-state index in [-0.39, 0.29) is 19.1 Å². The van der Waals surface area contributed by atoms with Crippen molar-refractivity contribution in [2.45, 2.75) is 59.4 Å². The Bertz CT molecular complexity index is 206. The van der Waals surface area contributed by atoms with Crippen LogP contribution in [0.25, 0.3) is 0 Å². The summed E-state index contributed by atoms with van der Waals surface area (Å²) in [6.07, 6.45) is -1.12. The summed E-state index contributed by atoms with van der Waals surface area (Å²) < 4.78 is 25.0. The van der Waals surface area contributed by atoms with Crippen molar-refractivity contribution in [3.8, 4) is 0 Å². The molecule has 2 heterocycles. The Labute approximate surface area is 118 Å². The van der Waals surface area contributed by atoms with Gasteiger partial charge in [-0.2, -0.15) is 0 Å². The van der Waals surface area contributed by atoms with E-state index in [0.717, 1.165) is 5.92 Å². The molecular formula is C15H32F2N2. The van der Waals surface area contributed by atoms with Crippen LogP contribution in [0.2, 0.25) is 0 Å². The lowest BCUT2D eigenvalue weighted by Gasteiger charge is -2.18. The van der Waals surface area contributed by atoms with Crippen LogP contribution in [0.5, 0.6) is 0 Å². The van der Waals surface area contributed by atoms with Crippen molar-refractivity contribution in [2.24, 2.45) is 5.92 Å². The quantitative estimate of drug-likeness (QED) is 0.725. The molecule has 2 nitrogen and oxygen atoms in total. The molecule has 0 bridgehead atoms. The molecule has 116 valence electrons. The van der Waals surface area contributed by atoms with Gasteiger partial charge in [0.05, 0.1) is 0 Å². The Balaban J connectivity index is 0.000000316. The second-order valence-electron chi connectivity index (χ2n) is 5.74. The highest BCUT2D eigenvalue weighted by Crippen LogP contribution is 2.18. The van der Waals surface area contributed by atoms with E-state index in [9.17, 15) is 8.78 Å². The molecule has 2 rings (SSSR count). The molecule has 3 atom stereocenters. The van der Waals surface area contributed by atoms with E-state index in [4.69, 9.17) is 0 Å². The Morgan fingerprint density at radius 3 is 1.63 bits per heavy atom. The molecule has 0 amide bonds. The smallest absolute Gasteiger partial charge is 0.145 e. The van der Waals surface area contributed by atoms with Gasteiger partial charge in [0, 0.05) is 25.7 Å². The minimum atomic E-state index is -1.26. The van der Waals surface area contributed by atoms with Gasteiger partial charge in [-0.3, -0.25) is 4.90 Å². The molecule has 2 aliphatic rings. The highest BCUT2D eigenvalue weighted by molar-refractivity contribution is 4.85. The van der Waals surface area contributed by atoms with Crippen molar-refractivity contribution in [3.05, 3.63) is 0 Å². The van der Waals surface area contributed by atoms with Gasteiger partial charge in [-0.1, -0.05) is 20.8 Å².